The Morgan fingerprint density at radius 3 is 2.46 bits per heavy atom. The highest BCUT2D eigenvalue weighted by atomic mass is 32.2. The maximum atomic E-state index is 12.7. The maximum absolute atomic E-state index is 12.7. The van der Waals surface area contributed by atoms with Gasteiger partial charge in [0, 0.05) is 23.7 Å². The second-order valence-electron chi connectivity index (χ2n) is 5.41. The number of benzene rings is 1. The Labute approximate surface area is 150 Å². The van der Waals surface area contributed by atoms with Crippen LogP contribution in [0.2, 0.25) is 0 Å². The highest BCUT2D eigenvalue weighted by molar-refractivity contribution is 7.98. The molecule has 8 heteroatoms. The van der Waals surface area contributed by atoms with Crippen molar-refractivity contribution in [1.29, 1.82) is 0 Å². The summed E-state index contributed by atoms with van der Waals surface area (Å²) in [4.78, 5) is 14.0. The zero-order chi connectivity index (χ0) is 17.2. The van der Waals surface area contributed by atoms with Gasteiger partial charge >= 0.3 is 0 Å². The van der Waals surface area contributed by atoms with E-state index in [2.05, 4.69) is 5.32 Å². The fourth-order valence-electron chi connectivity index (χ4n) is 2.60. The van der Waals surface area contributed by atoms with Crippen molar-refractivity contribution in [3.63, 3.8) is 0 Å². The molecule has 1 aliphatic rings. The zero-order valence-corrected chi connectivity index (χ0v) is 15.6. The number of carbonyl (C=O) groups is 1. The summed E-state index contributed by atoms with van der Waals surface area (Å²) < 4.78 is 26.9. The summed E-state index contributed by atoms with van der Waals surface area (Å²) in [7, 11) is -3.59. The van der Waals surface area contributed by atoms with Crippen LogP contribution in [0.1, 0.15) is 22.5 Å². The monoisotopic (exact) mass is 382 g/mol. The number of amides is 1. The van der Waals surface area contributed by atoms with Crippen molar-refractivity contribution < 1.29 is 13.2 Å². The van der Waals surface area contributed by atoms with E-state index in [4.69, 9.17) is 0 Å². The summed E-state index contributed by atoms with van der Waals surface area (Å²) in [5.41, 5.74) is 0.649. The van der Waals surface area contributed by atoms with E-state index >= 15 is 0 Å². The minimum Gasteiger partial charge on any atom is -0.321 e. The number of carbonyl (C=O) groups excluding carboxylic acids is 1. The third-order valence-electron chi connectivity index (χ3n) is 3.87. The molecule has 1 fully saturated rings. The molecule has 0 unspecified atom stereocenters. The second kappa shape index (κ2) is 7.26. The maximum Gasteiger partial charge on any atom is 0.267 e. The van der Waals surface area contributed by atoms with Gasteiger partial charge < -0.3 is 5.32 Å². The van der Waals surface area contributed by atoms with Gasteiger partial charge in [0.15, 0.2) is 0 Å². The van der Waals surface area contributed by atoms with Crippen molar-refractivity contribution in [2.45, 2.75) is 22.6 Å². The van der Waals surface area contributed by atoms with Crippen molar-refractivity contribution in [2.24, 2.45) is 0 Å². The highest BCUT2D eigenvalue weighted by Crippen LogP contribution is 2.28. The number of sulfonamides is 1. The van der Waals surface area contributed by atoms with Crippen LogP contribution in [-0.2, 0) is 10.0 Å². The molecule has 24 heavy (non-hydrogen) atoms. The van der Waals surface area contributed by atoms with Crippen LogP contribution in [0.3, 0.4) is 0 Å². The van der Waals surface area contributed by atoms with Crippen LogP contribution in [-0.4, -0.2) is 38.0 Å². The highest BCUT2D eigenvalue weighted by Gasteiger charge is 2.31. The van der Waals surface area contributed by atoms with E-state index in [1.54, 1.807) is 17.1 Å². The summed E-state index contributed by atoms with van der Waals surface area (Å²) >= 11 is 2.77. The van der Waals surface area contributed by atoms with Gasteiger partial charge in [0.2, 0.25) is 10.0 Å². The van der Waals surface area contributed by atoms with Crippen molar-refractivity contribution >= 4 is 44.7 Å². The number of nitrogens with zero attached hydrogens (tertiary/aromatic N) is 1. The fourth-order valence-corrected chi connectivity index (χ4v) is 5.82. The largest absolute Gasteiger partial charge is 0.321 e. The lowest BCUT2D eigenvalue weighted by molar-refractivity contribution is 0.102. The predicted molar refractivity (Wildman–Crippen MR) is 98.5 cm³/mol. The molecular formula is C16H18N2O3S3. The Bertz CT molecular complexity index is 823. The smallest absolute Gasteiger partial charge is 0.267 e. The summed E-state index contributed by atoms with van der Waals surface area (Å²) in [5.74, 6) is -0.389. The summed E-state index contributed by atoms with van der Waals surface area (Å²) in [5, 5.41) is 4.43. The molecule has 0 spiro atoms. The summed E-state index contributed by atoms with van der Waals surface area (Å²) in [6.07, 6.45) is 3.72. The molecule has 0 radical (unpaired) electrons. The summed E-state index contributed by atoms with van der Waals surface area (Å²) in [6, 6.07) is 8.97. The first-order valence-corrected chi connectivity index (χ1v) is 11.1. The van der Waals surface area contributed by atoms with E-state index in [1.807, 2.05) is 30.5 Å². The third-order valence-corrected chi connectivity index (χ3v) is 7.59. The van der Waals surface area contributed by atoms with Crippen molar-refractivity contribution in [2.75, 3.05) is 24.7 Å². The van der Waals surface area contributed by atoms with Crippen LogP contribution >= 0.6 is 23.1 Å². The first kappa shape index (κ1) is 17.5. The zero-order valence-electron chi connectivity index (χ0n) is 13.2. The number of anilines is 1. The molecule has 0 aliphatic carbocycles. The standard InChI is InChI=1S/C16H18N2O3S3/c1-22-13-6-4-12(5-7-13)17-16(19)15-14(8-11-23-15)24(20,21)18-9-2-3-10-18/h4-8,11H,2-3,9-10H2,1H3,(H,17,19). The molecule has 1 aromatic carbocycles. The molecule has 5 nitrogen and oxygen atoms in total. The van der Waals surface area contributed by atoms with Crippen molar-refractivity contribution in [1.82, 2.24) is 4.31 Å². The molecule has 0 atom stereocenters. The number of thioether (sulfide) groups is 1. The van der Waals surface area contributed by atoms with Gasteiger partial charge in [-0.25, -0.2) is 8.42 Å². The van der Waals surface area contributed by atoms with E-state index in [0.717, 1.165) is 29.1 Å². The van der Waals surface area contributed by atoms with Crippen LogP contribution < -0.4 is 5.32 Å². The number of rotatable bonds is 5. The first-order chi connectivity index (χ1) is 11.5. The Balaban J connectivity index is 1.82. The van der Waals surface area contributed by atoms with Crippen molar-refractivity contribution in [3.8, 4) is 0 Å². The molecule has 1 N–H and O–H groups in total. The van der Waals surface area contributed by atoms with Gasteiger partial charge in [-0.15, -0.1) is 23.1 Å². The van der Waals surface area contributed by atoms with Gasteiger partial charge in [0.05, 0.1) is 0 Å². The van der Waals surface area contributed by atoms with Crippen LogP contribution in [0.25, 0.3) is 0 Å². The number of nitrogens with one attached hydrogen (secondary N) is 1. The van der Waals surface area contributed by atoms with Crippen LogP contribution in [0.4, 0.5) is 5.69 Å². The molecule has 3 rings (SSSR count). The predicted octanol–water partition coefficient (Wildman–Crippen LogP) is 3.51. The fraction of sp³-hybridized carbons (Fsp3) is 0.312. The molecular weight excluding hydrogens is 364 g/mol. The molecule has 2 heterocycles. The number of hydrogen-bond donors (Lipinski definition) is 1. The average molecular weight is 383 g/mol. The number of thiophene rings is 1. The molecule has 1 amide bonds. The van der Waals surface area contributed by atoms with Crippen LogP contribution in [0, 0.1) is 0 Å². The SMILES string of the molecule is CSc1ccc(NC(=O)c2sccc2S(=O)(=O)N2CCCC2)cc1. The minimum atomic E-state index is -3.59. The average Bonchev–Trinajstić information content (AvgIpc) is 3.27. The number of hydrogen-bond acceptors (Lipinski definition) is 5. The van der Waals surface area contributed by atoms with Crippen LogP contribution in [0.15, 0.2) is 45.5 Å². The Hall–Kier alpha value is -1.35. The van der Waals surface area contributed by atoms with E-state index in [0.29, 0.717) is 18.8 Å². The normalized spacial score (nSPS) is 15.5. The molecule has 1 aromatic heterocycles. The molecule has 2 aromatic rings. The Morgan fingerprint density at radius 1 is 1.17 bits per heavy atom. The minimum absolute atomic E-state index is 0.104. The van der Waals surface area contributed by atoms with E-state index in [-0.39, 0.29) is 15.7 Å². The quantitative estimate of drug-likeness (QED) is 0.804. The Morgan fingerprint density at radius 2 is 1.83 bits per heavy atom. The van der Waals surface area contributed by atoms with Gasteiger partial charge in [0.25, 0.3) is 5.91 Å². The second-order valence-corrected chi connectivity index (χ2v) is 9.11. The molecule has 0 saturated carbocycles. The lowest BCUT2D eigenvalue weighted by Gasteiger charge is -2.15. The molecule has 1 aliphatic heterocycles. The van der Waals surface area contributed by atoms with E-state index < -0.39 is 10.0 Å². The first-order valence-electron chi connectivity index (χ1n) is 7.55. The Kier molecular flexibility index (Phi) is 5.29. The molecule has 0 bridgehead atoms. The summed E-state index contributed by atoms with van der Waals surface area (Å²) in [6.45, 7) is 1.05. The third kappa shape index (κ3) is 3.51. The van der Waals surface area contributed by atoms with Gasteiger partial charge in [-0.1, -0.05) is 0 Å². The van der Waals surface area contributed by atoms with Crippen LogP contribution in [0.5, 0.6) is 0 Å². The van der Waals surface area contributed by atoms with E-state index in [1.165, 1.54) is 10.4 Å². The topological polar surface area (TPSA) is 66.5 Å². The van der Waals surface area contributed by atoms with Gasteiger partial charge in [-0.3, -0.25) is 4.79 Å². The van der Waals surface area contributed by atoms with E-state index in [9.17, 15) is 13.2 Å². The lowest BCUT2D eigenvalue weighted by atomic mass is 10.3. The molecule has 1 saturated heterocycles. The van der Waals surface area contributed by atoms with Gasteiger partial charge in [-0.05, 0) is 54.8 Å². The van der Waals surface area contributed by atoms with Gasteiger partial charge in [0.1, 0.15) is 9.77 Å². The van der Waals surface area contributed by atoms with Crippen molar-refractivity contribution in [3.05, 3.63) is 40.6 Å². The van der Waals surface area contributed by atoms with Gasteiger partial charge in [-0.2, -0.15) is 4.31 Å². The lowest BCUT2D eigenvalue weighted by Crippen LogP contribution is -2.29. The molecule has 128 valence electrons.